The lowest BCUT2D eigenvalue weighted by Gasteiger charge is -2.08. The number of para-hydroxylation sites is 1. The van der Waals surface area contributed by atoms with E-state index in [4.69, 9.17) is 9.47 Å². The third kappa shape index (κ3) is 5.11. The molecular formula is C18H18N2O3S2. The SMILES string of the molecule is COc1cccc(OCCNC(=O)CSc2nc3ccccc3s2)c1. The number of hydrogen-bond acceptors (Lipinski definition) is 6. The highest BCUT2D eigenvalue weighted by atomic mass is 32.2. The van der Waals surface area contributed by atoms with E-state index in [9.17, 15) is 4.79 Å². The normalized spacial score (nSPS) is 10.6. The minimum Gasteiger partial charge on any atom is -0.497 e. The minimum atomic E-state index is -0.0292. The molecule has 3 aromatic rings. The van der Waals surface area contributed by atoms with E-state index in [1.54, 1.807) is 18.4 Å². The summed E-state index contributed by atoms with van der Waals surface area (Å²) in [6, 6.07) is 15.3. The lowest BCUT2D eigenvalue weighted by Crippen LogP contribution is -2.29. The van der Waals surface area contributed by atoms with Gasteiger partial charge in [-0.1, -0.05) is 30.0 Å². The number of carbonyl (C=O) groups is 1. The highest BCUT2D eigenvalue weighted by molar-refractivity contribution is 8.01. The Morgan fingerprint density at radius 3 is 2.88 bits per heavy atom. The van der Waals surface area contributed by atoms with Gasteiger partial charge in [-0.05, 0) is 24.3 Å². The number of rotatable bonds is 8. The van der Waals surface area contributed by atoms with Crippen LogP contribution in [0.2, 0.25) is 0 Å². The van der Waals surface area contributed by atoms with Crippen LogP contribution >= 0.6 is 23.1 Å². The number of fused-ring (bicyclic) bond motifs is 1. The quantitative estimate of drug-likeness (QED) is 0.482. The molecule has 3 rings (SSSR count). The predicted molar refractivity (Wildman–Crippen MR) is 102 cm³/mol. The molecule has 0 saturated heterocycles. The molecule has 0 aliphatic rings. The molecule has 1 heterocycles. The third-order valence-corrected chi connectivity index (χ3v) is 5.51. The van der Waals surface area contributed by atoms with Crippen molar-refractivity contribution >= 4 is 39.2 Å². The van der Waals surface area contributed by atoms with Gasteiger partial charge in [0.15, 0.2) is 4.34 Å². The topological polar surface area (TPSA) is 60.5 Å². The van der Waals surface area contributed by atoms with E-state index in [-0.39, 0.29) is 5.91 Å². The third-order valence-electron chi connectivity index (χ3n) is 3.34. The van der Waals surface area contributed by atoms with E-state index in [1.807, 2.05) is 48.5 Å². The van der Waals surface area contributed by atoms with Gasteiger partial charge in [0, 0.05) is 6.07 Å². The van der Waals surface area contributed by atoms with E-state index in [2.05, 4.69) is 10.3 Å². The Kier molecular flexibility index (Phi) is 6.14. The van der Waals surface area contributed by atoms with E-state index >= 15 is 0 Å². The highest BCUT2D eigenvalue weighted by Gasteiger charge is 2.07. The Morgan fingerprint density at radius 2 is 2.04 bits per heavy atom. The van der Waals surface area contributed by atoms with Gasteiger partial charge in [-0.2, -0.15) is 0 Å². The fourth-order valence-corrected chi connectivity index (χ4v) is 4.04. The first kappa shape index (κ1) is 17.6. The molecule has 25 heavy (non-hydrogen) atoms. The van der Waals surface area contributed by atoms with Crippen molar-refractivity contribution < 1.29 is 14.3 Å². The number of aromatic nitrogens is 1. The predicted octanol–water partition coefficient (Wildman–Crippen LogP) is 3.59. The number of benzene rings is 2. The average molecular weight is 374 g/mol. The molecule has 0 saturated carbocycles. The molecular weight excluding hydrogens is 356 g/mol. The largest absolute Gasteiger partial charge is 0.497 e. The summed E-state index contributed by atoms with van der Waals surface area (Å²) in [5.74, 6) is 1.78. The molecule has 1 amide bonds. The zero-order valence-electron chi connectivity index (χ0n) is 13.7. The van der Waals surface area contributed by atoms with Crippen LogP contribution in [0.3, 0.4) is 0 Å². The molecule has 0 spiro atoms. The smallest absolute Gasteiger partial charge is 0.230 e. The van der Waals surface area contributed by atoms with Crippen molar-refractivity contribution in [2.24, 2.45) is 0 Å². The summed E-state index contributed by atoms with van der Waals surface area (Å²) in [7, 11) is 1.61. The van der Waals surface area contributed by atoms with Gasteiger partial charge in [0.05, 0.1) is 29.6 Å². The molecule has 1 aromatic heterocycles. The van der Waals surface area contributed by atoms with Crippen LogP contribution in [0.15, 0.2) is 52.9 Å². The molecule has 5 nitrogen and oxygen atoms in total. The first-order valence-electron chi connectivity index (χ1n) is 7.76. The maximum absolute atomic E-state index is 11.9. The number of thioether (sulfide) groups is 1. The van der Waals surface area contributed by atoms with Gasteiger partial charge in [0.1, 0.15) is 18.1 Å². The molecule has 0 fully saturated rings. The van der Waals surface area contributed by atoms with Gasteiger partial charge < -0.3 is 14.8 Å². The molecule has 0 aliphatic heterocycles. The van der Waals surface area contributed by atoms with Crippen molar-refractivity contribution in [3.8, 4) is 11.5 Å². The first-order chi connectivity index (χ1) is 12.2. The van der Waals surface area contributed by atoms with Crippen molar-refractivity contribution in [2.45, 2.75) is 4.34 Å². The number of nitrogens with zero attached hydrogens (tertiary/aromatic N) is 1. The van der Waals surface area contributed by atoms with Crippen LogP contribution in [0.1, 0.15) is 0 Å². The second-order valence-corrected chi connectivity index (χ2v) is 7.37. The molecule has 0 unspecified atom stereocenters. The van der Waals surface area contributed by atoms with E-state index in [0.717, 1.165) is 26.1 Å². The Morgan fingerprint density at radius 1 is 1.20 bits per heavy atom. The van der Waals surface area contributed by atoms with Gasteiger partial charge in [0.25, 0.3) is 0 Å². The molecule has 0 bridgehead atoms. The Bertz CT molecular complexity index is 818. The summed E-state index contributed by atoms with van der Waals surface area (Å²) in [5.41, 5.74) is 0.974. The van der Waals surface area contributed by atoms with E-state index in [0.29, 0.717) is 18.9 Å². The molecule has 2 aromatic carbocycles. The molecule has 7 heteroatoms. The Hall–Kier alpha value is -2.25. The van der Waals surface area contributed by atoms with Gasteiger partial charge in [0.2, 0.25) is 5.91 Å². The summed E-state index contributed by atoms with van der Waals surface area (Å²) in [5, 5.41) is 2.85. The Balaban J connectivity index is 1.37. The summed E-state index contributed by atoms with van der Waals surface area (Å²) in [6.45, 7) is 0.862. The van der Waals surface area contributed by atoms with Crippen LogP contribution in [-0.4, -0.2) is 36.9 Å². The summed E-state index contributed by atoms with van der Waals surface area (Å²) in [4.78, 5) is 16.4. The van der Waals surface area contributed by atoms with Gasteiger partial charge in [-0.25, -0.2) is 4.98 Å². The number of hydrogen-bond donors (Lipinski definition) is 1. The highest BCUT2D eigenvalue weighted by Crippen LogP contribution is 2.29. The number of amides is 1. The van der Waals surface area contributed by atoms with Gasteiger partial charge in [-0.15, -0.1) is 11.3 Å². The molecule has 0 atom stereocenters. The summed E-state index contributed by atoms with van der Waals surface area (Å²) < 4.78 is 12.8. The summed E-state index contributed by atoms with van der Waals surface area (Å²) in [6.07, 6.45) is 0. The summed E-state index contributed by atoms with van der Waals surface area (Å²) >= 11 is 3.06. The molecule has 0 aliphatic carbocycles. The van der Waals surface area contributed by atoms with Crippen LogP contribution < -0.4 is 14.8 Å². The second kappa shape index (κ2) is 8.73. The van der Waals surface area contributed by atoms with Crippen molar-refractivity contribution in [3.63, 3.8) is 0 Å². The zero-order valence-corrected chi connectivity index (χ0v) is 15.4. The minimum absolute atomic E-state index is 0.0292. The standard InChI is InChI=1S/C18H18N2O3S2/c1-22-13-5-4-6-14(11-13)23-10-9-19-17(21)12-24-18-20-15-7-2-3-8-16(15)25-18/h2-8,11H,9-10,12H2,1H3,(H,19,21). The van der Waals surface area contributed by atoms with Crippen LogP contribution in [0.25, 0.3) is 10.2 Å². The van der Waals surface area contributed by atoms with Crippen molar-refractivity contribution in [3.05, 3.63) is 48.5 Å². The molecule has 1 N–H and O–H groups in total. The number of nitrogens with one attached hydrogen (secondary N) is 1. The van der Waals surface area contributed by atoms with Crippen molar-refractivity contribution in [1.82, 2.24) is 10.3 Å². The Labute approximate surface area is 154 Å². The van der Waals surface area contributed by atoms with Crippen LogP contribution in [0.4, 0.5) is 0 Å². The molecule has 130 valence electrons. The monoisotopic (exact) mass is 374 g/mol. The van der Waals surface area contributed by atoms with Crippen LogP contribution in [0, 0.1) is 0 Å². The molecule has 0 radical (unpaired) electrons. The van der Waals surface area contributed by atoms with E-state index in [1.165, 1.54) is 11.8 Å². The fraction of sp³-hybridized carbons (Fsp3) is 0.222. The van der Waals surface area contributed by atoms with E-state index < -0.39 is 0 Å². The average Bonchev–Trinajstić information content (AvgIpc) is 3.07. The number of ether oxygens (including phenoxy) is 2. The maximum Gasteiger partial charge on any atom is 0.230 e. The van der Waals surface area contributed by atoms with Gasteiger partial charge >= 0.3 is 0 Å². The van der Waals surface area contributed by atoms with Gasteiger partial charge in [-0.3, -0.25) is 4.79 Å². The number of thiazole rings is 1. The van der Waals surface area contributed by atoms with Crippen LogP contribution in [-0.2, 0) is 4.79 Å². The lowest BCUT2D eigenvalue weighted by atomic mass is 10.3. The maximum atomic E-state index is 11.9. The second-order valence-electron chi connectivity index (χ2n) is 5.11. The van der Waals surface area contributed by atoms with Crippen LogP contribution in [0.5, 0.6) is 11.5 Å². The fourth-order valence-electron chi connectivity index (χ4n) is 2.14. The zero-order chi connectivity index (χ0) is 17.5. The van der Waals surface area contributed by atoms with Crippen molar-refractivity contribution in [1.29, 1.82) is 0 Å². The van der Waals surface area contributed by atoms with Crippen molar-refractivity contribution in [2.75, 3.05) is 26.0 Å². The number of carbonyl (C=O) groups excluding carboxylic acids is 1. The lowest BCUT2D eigenvalue weighted by molar-refractivity contribution is -0.118. The first-order valence-corrected chi connectivity index (χ1v) is 9.57. The number of methoxy groups -OCH3 is 1.